The second-order valence-electron chi connectivity index (χ2n) is 35.2. The van der Waals surface area contributed by atoms with E-state index in [-0.39, 0.29) is 11.7 Å². The molecule has 0 unspecified atom stereocenters. The minimum absolute atomic E-state index is 0.0343. The smallest absolute Gasteiger partial charge is 0.211 e. The van der Waals surface area contributed by atoms with E-state index in [1.54, 1.807) is 46.0 Å². The van der Waals surface area contributed by atoms with Crippen molar-refractivity contribution in [2.75, 3.05) is 328 Å². The summed E-state index contributed by atoms with van der Waals surface area (Å²) in [6.45, 7) is 45.9. The summed E-state index contributed by atoms with van der Waals surface area (Å²) in [6, 6.07) is 14.4. The molecule has 0 spiro atoms. The van der Waals surface area contributed by atoms with Gasteiger partial charge in [-0.05, 0) is 195 Å². The van der Waals surface area contributed by atoms with Crippen LogP contribution in [-0.2, 0) is 33.5 Å². The van der Waals surface area contributed by atoms with Crippen LogP contribution in [0, 0.1) is 57.7 Å². The molecule has 8 heterocycles. The van der Waals surface area contributed by atoms with Gasteiger partial charge in [0.2, 0.25) is 18.3 Å². The van der Waals surface area contributed by atoms with Crippen molar-refractivity contribution in [3.05, 3.63) is 68.4 Å². The highest BCUT2D eigenvalue weighted by atomic mass is 32.2. The summed E-state index contributed by atoms with van der Waals surface area (Å²) >= 11 is 1.78. The zero-order chi connectivity index (χ0) is 107. The zero-order valence-electron chi connectivity index (χ0n) is 93.0. The average molecular weight is 2030 g/mol. The highest BCUT2D eigenvalue weighted by molar-refractivity contribution is 7.91. The number of nitrogens with one attached hydrogen (secondary N) is 7. The van der Waals surface area contributed by atoms with Crippen molar-refractivity contribution in [2.24, 2.45) is 41.5 Å². The number of likely N-dealkylation sites (tertiary alicyclic amines) is 2. The van der Waals surface area contributed by atoms with Crippen molar-refractivity contribution >= 4 is 68.2 Å². The van der Waals surface area contributed by atoms with Crippen molar-refractivity contribution in [3.8, 4) is 12.4 Å². The Kier molecular flexibility index (Phi) is 104. The maximum atomic E-state index is 11.0. The van der Waals surface area contributed by atoms with Crippen LogP contribution in [0.2, 0.25) is 0 Å². The molecule has 0 amide bonds. The molecule has 0 saturated carbocycles. The molecule has 11 N–H and O–H groups in total. The number of hydrazone groups is 1. The number of nitrogens with two attached hydrogens (primary N) is 2. The Morgan fingerprint density at radius 3 is 1.40 bits per heavy atom. The Balaban J connectivity index is -0.000000472. The number of morpholine rings is 1. The molecule has 820 valence electrons. The highest BCUT2D eigenvalue weighted by Gasteiger charge is 2.21. The number of aryl methyl sites for hydroxylation is 2. The molecule has 4 saturated heterocycles. The number of sulfone groups is 1. The monoisotopic (exact) mass is 2030 g/mol. The van der Waals surface area contributed by atoms with E-state index in [9.17, 15) is 18.5 Å². The predicted octanol–water partition coefficient (Wildman–Crippen LogP) is 11.6. The lowest BCUT2D eigenvalue weighted by molar-refractivity contribution is -0.485. The number of thiophene rings is 1. The number of amidine groups is 5. The van der Waals surface area contributed by atoms with E-state index in [2.05, 4.69) is 190 Å². The standard InChI is InChI=1S/C9H18N4.C9H19N.C8H18N4.C8H15N3O.C8H17NO2S.C8H17NO.C8H17N.C7H16N4.C7H15N3.C7H16N2O.C7H8.C5H11N3O3.C5H12N2O.C5H6S/c1-5-6-7-13(4)9(11-8-10)12(2)3;1-2-3-7-10-8-5-4-6-9-10;1-9-4-6-11(2)8-10-5-7-12(8)3;1-11(2)8(10-7-9)5-4-6-12-3;1-2-3-4-9-5-7-12(10,11)8-6-9;1-2-3-4-9-5-7-10-8-6-9;1-2-3-6-9-7-4-5-8-9;1-8-5-6-11(2)7-9-3-4-10-7;1-8-4-2-3-7-9-5-6-10-7;1-9(2)7(8)5-4-6-10-3;1-7-5-3-2-4-6-7;1-11-4-2-3-5(6)7-8(9)10;1-8-4-2-3-5(6)7;1-5-3-2-4-6-5/h5-7H2,1-4H3;2-9H2,1H3;9H,4-7H2,1-3H3;4-6H2,1-3H3;2-8H2,1H3;2-8H2,1H3;2-8H2,1H3;8H,3-6H2,1-2H3,(H,9,10);8H,2-6H2,1H3,(H,9,10);8H,4-6H2,1-3H3;2-6H,1H3;2-4H2,1H3,(H2,6,7);2-4H2,1H3,(H3,6,7);2-4H,1H3. The summed E-state index contributed by atoms with van der Waals surface area (Å²) in [5.74, 6) is 6.50. The first-order chi connectivity index (χ1) is 67.7. The summed E-state index contributed by atoms with van der Waals surface area (Å²) in [5, 5.41) is 60.7. The summed E-state index contributed by atoms with van der Waals surface area (Å²) in [7, 11) is 29.2. The third-order valence-corrected chi connectivity index (χ3v) is 24.2. The van der Waals surface area contributed by atoms with E-state index in [0.717, 1.165) is 206 Å². The number of methoxy groups -OCH3 is 4. The van der Waals surface area contributed by atoms with Gasteiger partial charge in [-0.3, -0.25) is 30.7 Å². The van der Waals surface area contributed by atoms with Crippen molar-refractivity contribution in [1.29, 1.82) is 21.3 Å². The van der Waals surface area contributed by atoms with Crippen molar-refractivity contribution in [1.82, 2.24) is 80.5 Å². The lowest BCUT2D eigenvalue weighted by atomic mass is 10.1. The third-order valence-electron chi connectivity index (χ3n) is 21.7. The van der Waals surface area contributed by atoms with Crippen LogP contribution in [0.3, 0.4) is 0 Å². The lowest BCUT2D eigenvalue weighted by Crippen LogP contribution is -2.40. The van der Waals surface area contributed by atoms with Crippen LogP contribution in [0.4, 0.5) is 0 Å². The number of hydrogen-bond donors (Lipinski definition) is 9. The van der Waals surface area contributed by atoms with Gasteiger partial charge in [-0.1, -0.05) is 115 Å². The molecule has 0 aliphatic carbocycles. The largest absolute Gasteiger partial charge is 0.388 e. The third kappa shape index (κ3) is 95.2. The van der Waals surface area contributed by atoms with Gasteiger partial charge in [-0.15, -0.1) is 16.3 Å². The quantitative estimate of drug-likeness (QED) is 0.00744. The first-order valence-corrected chi connectivity index (χ1v) is 54.3. The molecule has 141 heavy (non-hydrogen) atoms. The van der Waals surface area contributed by atoms with Gasteiger partial charge in [0, 0.05) is 241 Å². The van der Waals surface area contributed by atoms with Gasteiger partial charge in [-0.2, -0.15) is 15.5 Å². The van der Waals surface area contributed by atoms with Crippen LogP contribution in [0.15, 0.2) is 77.9 Å². The van der Waals surface area contributed by atoms with E-state index in [4.69, 9.17) is 56.5 Å². The number of benzene rings is 1. The second-order valence-corrected chi connectivity index (χ2v) is 38.7. The normalized spacial score (nSPS) is 15.1. The van der Waals surface area contributed by atoms with E-state index in [0.29, 0.717) is 56.4 Å². The summed E-state index contributed by atoms with van der Waals surface area (Å²) in [6.07, 6.45) is 31.8. The predicted molar refractivity (Wildman–Crippen MR) is 597 cm³/mol. The summed E-state index contributed by atoms with van der Waals surface area (Å²) in [5.41, 5.74) is 11.6. The number of nitro groups is 1. The van der Waals surface area contributed by atoms with Gasteiger partial charge in [0.25, 0.3) is 0 Å². The van der Waals surface area contributed by atoms with Crippen LogP contribution >= 0.6 is 11.3 Å². The van der Waals surface area contributed by atoms with Gasteiger partial charge in [-0.25, -0.2) is 18.5 Å². The molecule has 2 aromatic rings. The Bertz CT molecular complexity index is 3520. The number of nitriles is 2. The average Bonchev–Trinajstić information content (AvgIpc) is 1.87. The van der Waals surface area contributed by atoms with Gasteiger partial charge >= 0.3 is 0 Å². The van der Waals surface area contributed by atoms with Crippen molar-refractivity contribution in [3.63, 3.8) is 0 Å². The molecule has 38 nitrogen and oxygen atoms in total. The minimum Gasteiger partial charge on any atom is -0.388 e. The Labute approximate surface area is 862 Å². The molecule has 1 aromatic carbocycles. The lowest BCUT2D eigenvalue weighted by Gasteiger charge is -2.26. The molecule has 7 aliphatic rings. The van der Waals surface area contributed by atoms with Crippen molar-refractivity contribution in [2.45, 2.75) is 209 Å². The molecule has 0 radical (unpaired) electrons. The zero-order valence-corrected chi connectivity index (χ0v) is 94.6. The number of unbranched alkanes of at least 4 members (excludes halogenated alkanes) is 5. The van der Waals surface area contributed by atoms with E-state index in [1.165, 1.54) is 152 Å². The maximum Gasteiger partial charge on any atom is 0.211 e. The molecule has 0 atom stereocenters. The first-order valence-electron chi connectivity index (χ1n) is 51.6. The number of hydrogen-bond acceptors (Lipinski definition) is 31. The fourth-order valence-electron chi connectivity index (χ4n) is 13.2. The number of likely N-dealkylation sites (N-methyl/N-ethyl adjacent to an activating group) is 5. The van der Waals surface area contributed by atoms with Crippen LogP contribution in [0.25, 0.3) is 0 Å². The summed E-state index contributed by atoms with van der Waals surface area (Å²) < 4.78 is 46.5. The van der Waals surface area contributed by atoms with Gasteiger partial charge in [0.1, 0.15) is 5.84 Å². The number of piperidine rings is 1. The molecule has 9 rings (SSSR count). The number of rotatable bonds is 42. The molecule has 1 aromatic heterocycles. The van der Waals surface area contributed by atoms with E-state index in [1.807, 2.05) is 114 Å². The topological polar surface area (TPSA) is 441 Å². The number of nitrogens with zero attached hydrogens (tertiary/aromatic N) is 20. The fourth-order valence-corrected chi connectivity index (χ4v) is 15.0. The number of ether oxygens (including phenoxy) is 5. The van der Waals surface area contributed by atoms with Gasteiger partial charge in [0.05, 0.1) is 67.0 Å². The fraction of sp³-hybridized carbons (Fsp3) is 0.802. The number of aliphatic imine (C=N–C) groups is 5. The Morgan fingerprint density at radius 2 is 1.02 bits per heavy atom. The minimum atomic E-state index is -2.68. The Hall–Kier alpha value is -8.07. The van der Waals surface area contributed by atoms with Gasteiger partial charge < -0.3 is 111 Å². The molecular weight excluding hydrogens is 1830 g/mol. The van der Waals surface area contributed by atoms with E-state index >= 15 is 0 Å². The summed E-state index contributed by atoms with van der Waals surface area (Å²) in [4.78, 5) is 55.5. The van der Waals surface area contributed by atoms with Crippen LogP contribution in [-0.4, -0.2) is 443 Å². The van der Waals surface area contributed by atoms with E-state index < -0.39 is 14.9 Å². The van der Waals surface area contributed by atoms with Crippen LogP contribution in [0.1, 0.15) is 206 Å². The van der Waals surface area contributed by atoms with Crippen LogP contribution in [0.5, 0.6) is 0 Å². The SMILES string of the molecule is CCCCN(C)C(=NC#N)N(C)C.CCCCN1CCCC1.CCCCN1CCCCC1.CCCCN1CCOCC1.CCCCN1CCS(=O)(=O)CC1.CNCCCC1=NCCN1.CNCCN(C)C1=NCCN1.CNCCN(C)C1=NCCN1C.COCCC/C(N)=N/[N+](=O)[O-].COCCCC(=N)N.COCCCC(=N)N(C)C.COCCCC(=NC#N)N(C)C.Cc1ccccc1.Cc1cccs1. The Morgan fingerprint density at radius 1 is 0.553 bits per heavy atom. The second kappa shape index (κ2) is 103. The molecule has 4 fully saturated rings. The van der Waals surface area contributed by atoms with Crippen molar-refractivity contribution < 1.29 is 37.1 Å². The first kappa shape index (κ1) is 141. The van der Waals surface area contributed by atoms with Gasteiger partial charge in [0.15, 0.2) is 32.6 Å². The molecular formula is C101H205N29O9S2. The highest BCUT2D eigenvalue weighted by Crippen LogP contribution is 2.12. The molecule has 0 bridgehead atoms. The number of guanidine groups is 3. The maximum absolute atomic E-state index is 11.0. The molecule has 40 heteroatoms. The molecule has 7 aliphatic heterocycles. The van der Waals surface area contributed by atoms with Crippen LogP contribution < -0.4 is 38.1 Å².